The minimum Gasteiger partial charge on any atom is -0.440 e. The summed E-state index contributed by atoms with van der Waals surface area (Å²) in [6.07, 6.45) is 3.77. The number of hydrogen-bond donors (Lipinski definition) is 1. The Balaban J connectivity index is 1.34. The molecule has 136 valence electrons. The molecule has 0 aliphatic carbocycles. The molecular formula is C22H26N2O2. The van der Waals surface area contributed by atoms with Crippen LogP contribution < -0.4 is 5.32 Å². The summed E-state index contributed by atoms with van der Waals surface area (Å²) in [5.74, 6) is 0. The average molecular weight is 350 g/mol. The number of carbonyl (C=O) groups excluding carboxylic acids is 1. The standard InChI is InChI=1S/C22H26N2O2/c25-21-23-20(19-11-5-2-6-12-19)22(26-21)13-16-24(17-14-22)15-7-10-18-8-3-1-4-9-18/h1-6,8-9,11-12,20H,7,10,13-17H2,(H,23,25). The van der Waals surface area contributed by atoms with E-state index >= 15 is 0 Å². The molecule has 4 nitrogen and oxygen atoms in total. The van der Waals surface area contributed by atoms with E-state index in [4.69, 9.17) is 4.74 Å². The number of nitrogens with zero attached hydrogens (tertiary/aromatic N) is 1. The predicted molar refractivity (Wildman–Crippen MR) is 102 cm³/mol. The molecule has 2 aromatic carbocycles. The van der Waals surface area contributed by atoms with Crippen molar-refractivity contribution in [2.24, 2.45) is 0 Å². The Morgan fingerprint density at radius 1 is 1.00 bits per heavy atom. The molecule has 26 heavy (non-hydrogen) atoms. The topological polar surface area (TPSA) is 41.6 Å². The molecule has 0 aromatic heterocycles. The molecule has 2 heterocycles. The van der Waals surface area contributed by atoms with E-state index < -0.39 is 5.60 Å². The molecule has 1 N–H and O–H groups in total. The number of aryl methyl sites for hydroxylation is 1. The van der Waals surface area contributed by atoms with Gasteiger partial charge in [0.1, 0.15) is 5.60 Å². The molecule has 1 atom stereocenters. The zero-order chi connectivity index (χ0) is 17.8. The van der Waals surface area contributed by atoms with E-state index in [-0.39, 0.29) is 12.1 Å². The van der Waals surface area contributed by atoms with E-state index in [1.165, 1.54) is 5.56 Å². The third kappa shape index (κ3) is 3.61. The maximum absolute atomic E-state index is 12.0. The minimum absolute atomic E-state index is 0.0392. The zero-order valence-electron chi connectivity index (χ0n) is 15.1. The van der Waals surface area contributed by atoms with Crippen molar-refractivity contribution < 1.29 is 9.53 Å². The minimum atomic E-state index is -0.394. The highest BCUT2D eigenvalue weighted by atomic mass is 16.6. The average Bonchev–Trinajstić information content (AvgIpc) is 3.01. The summed E-state index contributed by atoms with van der Waals surface area (Å²) in [5, 5.41) is 3.03. The maximum Gasteiger partial charge on any atom is 0.408 e. The van der Waals surface area contributed by atoms with Crippen molar-refractivity contribution in [1.29, 1.82) is 0 Å². The van der Waals surface area contributed by atoms with Gasteiger partial charge in [0.2, 0.25) is 0 Å². The van der Waals surface area contributed by atoms with E-state index in [1.54, 1.807) is 0 Å². The van der Waals surface area contributed by atoms with E-state index in [9.17, 15) is 4.79 Å². The van der Waals surface area contributed by atoms with Crippen molar-refractivity contribution in [3.05, 3.63) is 71.8 Å². The molecule has 4 heteroatoms. The third-order valence-corrected chi connectivity index (χ3v) is 5.70. The highest BCUT2D eigenvalue weighted by Crippen LogP contribution is 2.42. The van der Waals surface area contributed by atoms with Crippen molar-refractivity contribution in [2.75, 3.05) is 19.6 Å². The molecule has 2 aliphatic rings. The van der Waals surface area contributed by atoms with E-state index in [2.05, 4.69) is 52.7 Å². The SMILES string of the molecule is O=C1NC(c2ccccc2)C2(CCN(CCCc3ccccc3)CC2)O1. The fraction of sp³-hybridized carbons (Fsp3) is 0.409. The largest absolute Gasteiger partial charge is 0.440 e. The van der Waals surface area contributed by atoms with Gasteiger partial charge in [0, 0.05) is 25.9 Å². The van der Waals surface area contributed by atoms with Crippen molar-refractivity contribution in [3.63, 3.8) is 0 Å². The Kier molecular flexibility index (Phi) is 4.93. The highest BCUT2D eigenvalue weighted by molar-refractivity contribution is 5.71. The lowest BCUT2D eigenvalue weighted by Gasteiger charge is -2.40. The van der Waals surface area contributed by atoms with Crippen LogP contribution in [0, 0.1) is 0 Å². The molecule has 4 rings (SSSR count). The van der Waals surface area contributed by atoms with Crippen LogP contribution in [0.15, 0.2) is 60.7 Å². The number of rotatable bonds is 5. The lowest BCUT2D eigenvalue weighted by molar-refractivity contribution is -0.0192. The Hall–Kier alpha value is -2.33. The summed E-state index contributed by atoms with van der Waals surface area (Å²) in [5.41, 5.74) is 2.14. The molecule has 1 spiro atoms. The quantitative estimate of drug-likeness (QED) is 0.888. The number of hydrogen-bond acceptors (Lipinski definition) is 3. The van der Waals surface area contributed by atoms with Crippen LogP contribution in [0.1, 0.15) is 36.4 Å². The van der Waals surface area contributed by atoms with Crippen molar-refractivity contribution >= 4 is 6.09 Å². The molecule has 2 aromatic rings. The fourth-order valence-corrected chi connectivity index (χ4v) is 4.25. The second kappa shape index (κ2) is 7.50. The molecule has 2 aliphatic heterocycles. The van der Waals surface area contributed by atoms with Gasteiger partial charge in [-0.15, -0.1) is 0 Å². The third-order valence-electron chi connectivity index (χ3n) is 5.70. The summed E-state index contributed by atoms with van der Waals surface area (Å²) in [4.78, 5) is 14.5. The first-order valence-corrected chi connectivity index (χ1v) is 9.56. The number of amides is 1. The second-order valence-electron chi connectivity index (χ2n) is 7.37. The molecular weight excluding hydrogens is 324 g/mol. The smallest absolute Gasteiger partial charge is 0.408 e. The van der Waals surface area contributed by atoms with Gasteiger partial charge in [-0.05, 0) is 30.5 Å². The Labute approximate surface area is 155 Å². The van der Waals surface area contributed by atoms with Crippen molar-refractivity contribution in [2.45, 2.75) is 37.3 Å². The summed E-state index contributed by atoms with van der Waals surface area (Å²) in [6.45, 7) is 3.06. The molecule has 1 unspecified atom stereocenters. The number of benzene rings is 2. The molecule has 0 radical (unpaired) electrons. The van der Waals surface area contributed by atoms with Gasteiger partial charge in [0.05, 0.1) is 6.04 Å². The molecule has 2 saturated heterocycles. The van der Waals surface area contributed by atoms with Crippen LogP contribution in [0.4, 0.5) is 4.79 Å². The number of alkyl carbamates (subject to hydrolysis) is 1. The van der Waals surface area contributed by atoms with Crippen molar-refractivity contribution in [1.82, 2.24) is 10.2 Å². The number of ether oxygens (including phenoxy) is 1. The van der Waals surface area contributed by atoms with Gasteiger partial charge < -0.3 is 15.0 Å². The normalized spacial score (nSPS) is 22.2. The van der Waals surface area contributed by atoms with Gasteiger partial charge in [-0.1, -0.05) is 60.7 Å². The molecule has 1 amide bonds. The van der Waals surface area contributed by atoms with Gasteiger partial charge >= 0.3 is 6.09 Å². The number of carbonyl (C=O) groups is 1. The van der Waals surface area contributed by atoms with Gasteiger partial charge in [0.15, 0.2) is 0 Å². The molecule has 2 fully saturated rings. The van der Waals surface area contributed by atoms with Crippen LogP contribution in [-0.2, 0) is 11.2 Å². The Morgan fingerprint density at radius 2 is 1.65 bits per heavy atom. The fourth-order valence-electron chi connectivity index (χ4n) is 4.25. The Morgan fingerprint density at radius 3 is 2.35 bits per heavy atom. The zero-order valence-corrected chi connectivity index (χ0v) is 15.1. The van der Waals surface area contributed by atoms with Gasteiger partial charge in [-0.2, -0.15) is 0 Å². The Bertz CT molecular complexity index is 724. The lowest BCUT2D eigenvalue weighted by atomic mass is 9.81. The van der Waals surface area contributed by atoms with Crippen LogP contribution in [0.25, 0.3) is 0 Å². The summed E-state index contributed by atoms with van der Waals surface area (Å²) in [7, 11) is 0. The monoisotopic (exact) mass is 350 g/mol. The van der Waals surface area contributed by atoms with E-state index in [0.29, 0.717) is 0 Å². The summed E-state index contributed by atoms with van der Waals surface area (Å²) >= 11 is 0. The maximum atomic E-state index is 12.0. The molecule has 0 saturated carbocycles. The predicted octanol–water partition coefficient (Wildman–Crippen LogP) is 3.93. The van der Waals surface area contributed by atoms with Crippen LogP contribution in [0.3, 0.4) is 0 Å². The van der Waals surface area contributed by atoms with Gasteiger partial charge in [0.25, 0.3) is 0 Å². The van der Waals surface area contributed by atoms with Crippen LogP contribution in [0.5, 0.6) is 0 Å². The first-order valence-electron chi connectivity index (χ1n) is 9.56. The van der Waals surface area contributed by atoms with E-state index in [0.717, 1.165) is 50.9 Å². The van der Waals surface area contributed by atoms with E-state index in [1.807, 2.05) is 18.2 Å². The molecule has 0 bridgehead atoms. The van der Waals surface area contributed by atoms with Crippen LogP contribution in [0.2, 0.25) is 0 Å². The number of nitrogens with one attached hydrogen (secondary N) is 1. The lowest BCUT2D eigenvalue weighted by Crippen LogP contribution is -2.48. The number of likely N-dealkylation sites (tertiary alicyclic amines) is 1. The van der Waals surface area contributed by atoms with Gasteiger partial charge in [-0.3, -0.25) is 0 Å². The first kappa shape index (κ1) is 17.1. The van der Waals surface area contributed by atoms with Crippen molar-refractivity contribution in [3.8, 4) is 0 Å². The summed E-state index contributed by atoms with van der Waals surface area (Å²) in [6, 6.07) is 20.8. The first-order chi connectivity index (χ1) is 12.8. The summed E-state index contributed by atoms with van der Waals surface area (Å²) < 4.78 is 5.80. The van der Waals surface area contributed by atoms with Gasteiger partial charge in [-0.25, -0.2) is 4.79 Å². The second-order valence-corrected chi connectivity index (χ2v) is 7.37. The number of piperidine rings is 1. The van der Waals surface area contributed by atoms with Crippen LogP contribution >= 0.6 is 0 Å². The van der Waals surface area contributed by atoms with Crippen LogP contribution in [-0.4, -0.2) is 36.2 Å². The highest BCUT2D eigenvalue weighted by Gasteiger charge is 2.51.